The van der Waals surface area contributed by atoms with Gasteiger partial charge in [0.1, 0.15) is 10.6 Å². The normalized spacial score (nSPS) is 10.5. The molecule has 0 radical (unpaired) electrons. The molecule has 2 aromatic heterocycles. The highest BCUT2D eigenvalue weighted by atomic mass is 32.1. The number of carbonyl (C=O) groups is 1. The lowest BCUT2D eigenvalue weighted by atomic mass is 10.2. The van der Waals surface area contributed by atoms with Crippen molar-refractivity contribution >= 4 is 17.4 Å². The van der Waals surface area contributed by atoms with E-state index in [9.17, 15) is 4.79 Å². The fourth-order valence-corrected chi connectivity index (χ4v) is 2.40. The Balaban J connectivity index is 1.66. The third-order valence-electron chi connectivity index (χ3n) is 2.91. The van der Waals surface area contributed by atoms with E-state index in [1.807, 2.05) is 36.4 Å². The highest BCUT2D eigenvalue weighted by Gasteiger charge is 2.14. The molecule has 7 heteroatoms. The van der Waals surface area contributed by atoms with Gasteiger partial charge < -0.3 is 9.84 Å². The Morgan fingerprint density at radius 1 is 1.33 bits per heavy atom. The van der Waals surface area contributed by atoms with Gasteiger partial charge in [0, 0.05) is 11.6 Å². The highest BCUT2D eigenvalue weighted by Crippen LogP contribution is 2.19. The molecule has 0 aliphatic carbocycles. The summed E-state index contributed by atoms with van der Waals surface area (Å²) in [6.07, 6.45) is 0. The van der Waals surface area contributed by atoms with Crippen molar-refractivity contribution in [3.05, 3.63) is 52.7 Å². The maximum absolute atomic E-state index is 11.9. The van der Waals surface area contributed by atoms with Gasteiger partial charge in [0.15, 0.2) is 5.76 Å². The van der Waals surface area contributed by atoms with Crippen molar-refractivity contribution in [3.63, 3.8) is 0 Å². The van der Waals surface area contributed by atoms with Crippen LogP contribution in [0.1, 0.15) is 21.1 Å². The summed E-state index contributed by atoms with van der Waals surface area (Å²) in [5, 5.41) is 10.5. The van der Waals surface area contributed by atoms with Gasteiger partial charge in [-0.2, -0.15) is 0 Å². The molecule has 1 aromatic carbocycles. The van der Waals surface area contributed by atoms with Crippen molar-refractivity contribution in [2.45, 2.75) is 13.5 Å². The predicted octanol–water partition coefficient (Wildman–Crippen LogP) is 2.43. The zero-order valence-electron chi connectivity index (χ0n) is 11.2. The lowest BCUT2D eigenvalue weighted by Crippen LogP contribution is -2.22. The first kappa shape index (κ1) is 13.4. The van der Waals surface area contributed by atoms with Gasteiger partial charge in [0.25, 0.3) is 5.91 Å². The zero-order valence-corrected chi connectivity index (χ0v) is 12.1. The topological polar surface area (TPSA) is 80.9 Å². The quantitative estimate of drug-likeness (QED) is 0.800. The molecule has 0 bridgehead atoms. The number of hydrogen-bond acceptors (Lipinski definition) is 6. The minimum absolute atomic E-state index is 0.202. The van der Waals surface area contributed by atoms with Crippen LogP contribution in [0.3, 0.4) is 0 Å². The third kappa shape index (κ3) is 2.97. The molecule has 0 unspecified atom stereocenters. The Morgan fingerprint density at radius 2 is 2.14 bits per heavy atom. The van der Waals surface area contributed by atoms with Crippen molar-refractivity contribution in [1.29, 1.82) is 0 Å². The molecule has 0 fully saturated rings. The van der Waals surface area contributed by atoms with Crippen molar-refractivity contribution in [1.82, 2.24) is 20.1 Å². The van der Waals surface area contributed by atoms with Crippen LogP contribution in [0.25, 0.3) is 11.3 Å². The van der Waals surface area contributed by atoms with E-state index >= 15 is 0 Å². The number of benzene rings is 1. The minimum Gasteiger partial charge on any atom is -0.356 e. The Hall–Kier alpha value is -2.54. The number of carbonyl (C=O) groups excluding carboxylic acids is 1. The molecule has 21 heavy (non-hydrogen) atoms. The SMILES string of the molecule is Cc1nnsc1C(=O)NCc1cc(-c2ccccc2)on1. The number of rotatable bonds is 4. The number of aromatic nitrogens is 3. The number of aryl methyl sites for hydroxylation is 1. The summed E-state index contributed by atoms with van der Waals surface area (Å²) in [6, 6.07) is 11.5. The van der Waals surface area contributed by atoms with Gasteiger partial charge in [-0.1, -0.05) is 40.0 Å². The van der Waals surface area contributed by atoms with Gasteiger partial charge in [0.2, 0.25) is 0 Å². The number of amides is 1. The largest absolute Gasteiger partial charge is 0.356 e. The second-order valence-electron chi connectivity index (χ2n) is 4.42. The van der Waals surface area contributed by atoms with E-state index < -0.39 is 0 Å². The molecule has 0 saturated carbocycles. The fraction of sp³-hybridized carbons (Fsp3) is 0.143. The lowest BCUT2D eigenvalue weighted by molar-refractivity contribution is 0.0953. The second-order valence-corrected chi connectivity index (χ2v) is 5.17. The molecule has 1 N–H and O–H groups in total. The summed E-state index contributed by atoms with van der Waals surface area (Å²) < 4.78 is 9.01. The average molecular weight is 300 g/mol. The summed E-state index contributed by atoms with van der Waals surface area (Å²) in [5.74, 6) is 0.474. The number of nitrogens with one attached hydrogen (secondary N) is 1. The van der Waals surface area contributed by atoms with E-state index in [0.717, 1.165) is 17.1 Å². The molecular weight excluding hydrogens is 288 g/mol. The Labute approximate surface area is 125 Å². The molecule has 0 saturated heterocycles. The molecular formula is C14H12N4O2S. The molecule has 0 atom stereocenters. The van der Waals surface area contributed by atoms with E-state index in [-0.39, 0.29) is 5.91 Å². The smallest absolute Gasteiger partial charge is 0.265 e. The fourth-order valence-electron chi connectivity index (χ4n) is 1.82. The van der Waals surface area contributed by atoms with Crippen LogP contribution >= 0.6 is 11.5 Å². The molecule has 106 valence electrons. The first-order valence-corrected chi connectivity index (χ1v) is 7.09. The molecule has 0 aliphatic heterocycles. The Kier molecular flexibility index (Phi) is 3.74. The standard InChI is InChI=1S/C14H12N4O2S/c1-9-13(21-18-16-9)14(19)15-8-11-7-12(20-17-11)10-5-3-2-4-6-10/h2-7H,8H2,1H3,(H,15,19). The molecule has 0 aliphatic rings. The van der Waals surface area contributed by atoms with Crippen LogP contribution < -0.4 is 5.32 Å². The maximum atomic E-state index is 11.9. The summed E-state index contributed by atoms with van der Waals surface area (Å²) >= 11 is 1.08. The van der Waals surface area contributed by atoms with Crippen LogP contribution in [0.5, 0.6) is 0 Å². The molecule has 6 nitrogen and oxygen atoms in total. The van der Waals surface area contributed by atoms with E-state index in [1.54, 1.807) is 6.92 Å². The Bertz CT molecular complexity index is 751. The number of hydrogen-bond donors (Lipinski definition) is 1. The molecule has 0 spiro atoms. The van der Waals surface area contributed by atoms with Crippen LogP contribution in [-0.2, 0) is 6.54 Å². The van der Waals surface area contributed by atoms with E-state index in [1.165, 1.54) is 0 Å². The molecule has 1 amide bonds. The summed E-state index contributed by atoms with van der Waals surface area (Å²) in [4.78, 5) is 12.5. The average Bonchev–Trinajstić information content (AvgIpc) is 3.15. The highest BCUT2D eigenvalue weighted by molar-refractivity contribution is 7.07. The first-order chi connectivity index (χ1) is 10.2. The maximum Gasteiger partial charge on any atom is 0.265 e. The van der Waals surface area contributed by atoms with Crippen LogP contribution in [0.2, 0.25) is 0 Å². The van der Waals surface area contributed by atoms with Crippen molar-refractivity contribution in [2.24, 2.45) is 0 Å². The van der Waals surface area contributed by atoms with Crippen molar-refractivity contribution in [3.8, 4) is 11.3 Å². The van der Waals surface area contributed by atoms with Gasteiger partial charge in [-0.15, -0.1) is 5.10 Å². The van der Waals surface area contributed by atoms with Crippen LogP contribution in [-0.4, -0.2) is 20.7 Å². The van der Waals surface area contributed by atoms with Crippen LogP contribution in [0, 0.1) is 6.92 Å². The van der Waals surface area contributed by atoms with Gasteiger partial charge in [0.05, 0.1) is 12.2 Å². The predicted molar refractivity (Wildman–Crippen MR) is 77.8 cm³/mol. The molecule has 3 aromatic rings. The van der Waals surface area contributed by atoms with Crippen LogP contribution in [0.4, 0.5) is 0 Å². The summed E-state index contributed by atoms with van der Waals surface area (Å²) in [7, 11) is 0. The molecule has 3 rings (SSSR count). The first-order valence-electron chi connectivity index (χ1n) is 6.32. The summed E-state index contributed by atoms with van der Waals surface area (Å²) in [5.41, 5.74) is 2.24. The zero-order chi connectivity index (χ0) is 14.7. The van der Waals surface area contributed by atoms with E-state index in [0.29, 0.717) is 28.6 Å². The second kappa shape index (κ2) is 5.84. The van der Waals surface area contributed by atoms with Gasteiger partial charge >= 0.3 is 0 Å². The third-order valence-corrected chi connectivity index (χ3v) is 3.73. The molecule has 2 heterocycles. The van der Waals surface area contributed by atoms with Gasteiger partial charge in [-0.3, -0.25) is 4.79 Å². The summed E-state index contributed by atoms with van der Waals surface area (Å²) in [6.45, 7) is 2.05. The van der Waals surface area contributed by atoms with Crippen LogP contribution in [0.15, 0.2) is 40.9 Å². The minimum atomic E-state index is -0.202. The van der Waals surface area contributed by atoms with Gasteiger partial charge in [-0.25, -0.2) is 0 Å². The number of nitrogens with zero attached hydrogens (tertiary/aromatic N) is 3. The van der Waals surface area contributed by atoms with E-state index in [2.05, 4.69) is 20.1 Å². The van der Waals surface area contributed by atoms with Gasteiger partial charge in [-0.05, 0) is 18.5 Å². The lowest BCUT2D eigenvalue weighted by Gasteiger charge is -1.99. The van der Waals surface area contributed by atoms with E-state index in [4.69, 9.17) is 4.52 Å². The monoisotopic (exact) mass is 300 g/mol. The Morgan fingerprint density at radius 3 is 2.86 bits per heavy atom. The van der Waals surface area contributed by atoms with Crippen molar-refractivity contribution < 1.29 is 9.32 Å². The van der Waals surface area contributed by atoms with Crippen molar-refractivity contribution in [2.75, 3.05) is 0 Å².